The maximum Gasteiger partial charge on any atom is 0.342 e. The zero-order valence-corrected chi connectivity index (χ0v) is 12.4. The van der Waals surface area contributed by atoms with Gasteiger partial charge in [0, 0.05) is 5.69 Å². The van der Waals surface area contributed by atoms with Gasteiger partial charge in [-0.1, -0.05) is 24.3 Å². The molecule has 2 rings (SSSR count). The van der Waals surface area contributed by atoms with E-state index in [4.69, 9.17) is 4.74 Å². The number of aromatic hydroxyl groups is 1. The first kappa shape index (κ1) is 15.6. The molecule has 2 aromatic rings. The Labute approximate surface area is 128 Å². The number of ether oxygens (including phenoxy) is 1. The van der Waals surface area contributed by atoms with Crippen LogP contribution in [0.2, 0.25) is 0 Å². The van der Waals surface area contributed by atoms with Gasteiger partial charge in [0.15, 0.2) is 6.61 Å². The molecule has 1 amide bonds. The Hall–Kier alpha value is -2.82. The number of amides is 1. The van der Waals surface area contributed by atoms with Crippen molar-refractivity contribution in [1.29, 1.82) is 0 Å². The average molecular weight is 299 g/mol. The molecule has 22 heavy (non-hydrogen) atoms. The maximum atomic E-state index is 11.8. The van der Waals surface area contributed by atoms with Crippen LogP contribution in [0.1, 0.15) is 21.5 Å². The van der Waals surface area contributed by atoms with Gasteiger partial charge >= 0.3 is 5.97 Å². The normalized spacial score (nSPS) is 10.1. The SMILES string of the molecule is Cc1cccc(NC(=O)COC(=O)c2ccccc2O)c1C. The number of anilines is 1. The van der Waals surface area contributed by atoms with Crippen molar-refractivity contribution in [3.63, 3.8) is 0 Å². The summed E-state index contributed by atoms with van der Waals surface area (Å²) in [6.45, 7) is 3.43. The summed E-state index contributed by atoms with van der Waals surface area (Å²) in [5.74, 6) is -1.35. The summed E-state index contributed by atoms with van der Waals surface area (Å²) in [7, 11) is 0. The monoisotopic (exact) mass is 299 g/mol. The van der Waals surface area contributed by atoms with E-state index in [0.29, 0.717) is 5.69 Å². The second-order valence-electron chi connectivity index (χ2n) is 4.89. The molecule has 0 saturated heterocycles. The summed E-state index contributed by atoms with van der Waals surface area (Å²) >= 11 is 0. The third-order valence-electron chi connectivity index (χ3n) is 3.34. The molecular weight excluding hydrogens is 282 g/mol. The number of aryl methyl sites for hydroxylation is 1. The first-order valence-electron chi connectivity index (χ1n) is 6.80. The lowest BCUT2D eigenvalue weighted by Crippen LogP contribution is -2.21. The molecule has 0 aliphatic carbocycles. The fraction of sp³-hybridized carbons (Fsp3) is 0.176. The Balaban J connectivity index is 1.95. The van der Waals surface area contributed by atoms with Gasteiger partial charge in [-0.3, -0.25) is 4.79 Å². The molecule has 0 aliphatic rings. The molecule has 0 spiro atoms. The number of nitrogens with one attached hydrogen (secondary N) is 1. The van der Waals surface area contributed by atoms with E-state index >= 15 is 0 Å². The van der Waals surface area contributed by atoms with E-state index in [9.17, 15) is 14.7 Å². The van der Waals surface area contributed by atoms with Crippen molar-refractivity contribution in [1.82, 2.24) is 0 Å². The van der Waals surface area contributed by atoms with Crippen LogP contribution in [0.3, 0.4) is 0 Å². The van der Waals surface area contributed by atoms with Gasteiger partial charge in [-0.15, -0.1) is 0 Å². The number of phenols is 1. The Morgan fingerprint density at radius 1 is 1.09 bits per heavy atom. The fourth-order valence-corrected chi connectivity index (χ4v) is 1.93. The smallest absolute Gasteiger partial charge is 0.342 e. The number of hydrogen-bond acceptors (Lipinski definition) is 4. The zero-order valence-electron chi connectivity index (χ0n) is 12.4. The van der Waals surface area contributed by atoms with Crippen molar-refractivity contribution in [2.45, 2.75) is 13.8 Å². The highest BCUT2D eigenvalue weighted by Crippen LogP contribution is 2.18. The van der Waals surface area contributed by atoms with Crippen molar-refractivity contribution in [2.75, 3.05) is 11.9 Å². The lowest BCUT2D eigenvalue weighted by Gasteiger charge is -2.10. The molecule has 0 saturated carbocycles. The summed E-state index contributed by atoms with van der Waals surface area (Å²) in [6.07, 6.45) is 0. The van der Waals surface area contributed by atoms with Gasteiger partial charge in [0.2, 0.25) is 0 Å². The maximum absolute atomic E-state index is 11.8. The van der Waals surface area contributed by atoms with Crippen LogP contribution in [0.5, 0.6) is 5.75 Å². The molecule has 0 atom stereocenters. The molecular formula is C17H17NO4. The number of hydrogen-bond donors (Lipinski definition) is 2. The average Bonchev–Trinajstić information content (AvgIpc) is 2.50. The van der Waals surface area contributed by atoms with Gasteiger partial charge in [-0.05, 0) is 43.2 Å². The van der Waals surface area contributed by atoms with Crippen LogP contribution in [0, 0.1) is 13.8 Å². The summed E-state index contributed by atoms with van der Waals surface area (Å²) in [4.78, 5) is 23.6. The summed E-state index contributed by atoms with van der Waals surface area (Å²) in [5.41, 5.74) is 2.73. The quantitative estimate of drug-likeness (QED) is 0.851. The standard InChI is InChI=1S/C17H17NO4/c1-11-6-5-8-14(12(11)2)18-16(20)10-22-17(21)13-7-3-4-9-15(13)19/h3-9,19H,10H2,1-2H3,(H,18,20). The molecule has 2 aromatic carbocycles. The highest BCUT2D eigenvalue weighted by atomic mass is 16.5. The van der Waals surface area contributed by atoms with E-state index in [2.05, 4.69) is 5.32 Å². The van der Waals surface area contributed by atoms with E-state index in [1.54, 1.807) is 18.2 Å². The summed E-state index contributed by atoms with van der Waals surface area (Å²) < 4.78 is 4.90. The number of para-hydroxylation sites is 1. The van der Waals surface area contributed by atoms with Crippen molar-refractivity contribution in [3.05, 3.63) is 59.2 Å². The number of carbonyl (C=O) groups excluding carboxylic acids is 2. The van der Waals surface area contributed by atoms with Crippen molar-refractivity contribution >= 4 is 17.6 Å². The Bertz CT molecular complexity index is 710. The molecule has 0 aliphatic heterocycles. The molecule has 0 aromatic heterocycles. The van der Waals surface area contributed by atoms with E-state index < -0.39 is 18.5 Å². The van der Waals surface area contributed by atoms with E-state index in [1.807, 2.05) is 26.0 Å². The van der Waals surface area contributed by atoms with Gasteiger partial charge in [0.1, 0.15) is 11.3 Å². The molecule has 0 unspecified atom stereocenters. The van der Waals surface area contributed by atoms with Gasteiger partial charge in [-0.2, -0.15) is 0 Å². The van der Waals surface area contributed by atoms with Crippen LogP contribution in [0.15, 0.2) is 42.5 Å². The number of benzene rings is 2. The van der Waals surface area contributed by atoms with Gasteiger partial charge < -0.3 is 15.2 Å². The van der Waals surface area contributed by atoms with Crippen LogP contribution in [-0.2, 0) is 9.53 Å². The first-order valence-corrected chi connectivity index (χ1v) is 6.80. The Kier molecular flexibility index (Phi) is 4.78. The summed E-state index contributed by atoms with van der Waals surface area (Å²) in [5, 5.41) is 12.2. The lowest BCUT2D eigenvalue weighted by molar-refractivity contribution is -0.119. The molecule has 5 nitrogen and oxygen atoms in total. The van der Waals surface area contributed by atoms with Crippen molar-refractivity contribution < 1.29 is 19.4 Å². The van der Waals surface area contributed by atoms with Crippen molar-refractivity contribution in [3.8, 4) is 5.75 Å². The van der Waals surface area contributed by atoms with E-state index in [0.717, 1.165) is 11.1 Å². The summed E-state index contributed by atoms with van der Waals surface area (Å²) in [6, 6.07) is 11.6. The number of phenolic OH excluding ortho intramolecular Hbond substituents is 1. The number of rotatable bonds is 4. The first-order chi connectivity index (χ1) is 10.5. The topological polar surface area (TPSA) is 75.6 Å². The Morgan fingerprint density at radius 2 is 1.82 bits per heavy atom. The van der Waals surface area contributed by atoms with Crippen LogP contribution < -0.4 is 5.32 Å². The molecule has 0 fully saturated rings. The highest BCUT2D eigenvalue weighted by Gasteiger charge is 2.14. The zero-order chi connectivity index (χ0) is 16.1. The fourth-order valence-electron chi connectivity index (χ4n) is 1.93. The van der Waals surface area contributed by atoms with Crippen LogP contribution in [-0.4, -0.2) is 23.6 Å². The minimum Gasteiger partial charge on any atom is -0.507 e. The molecule has 114 valence electrons. The number of esters is 1. The Morgan fingerprint density at radius 3 is 2.55 bits per heavy atom. The van der Waals surface area contributed by atoms with Gasteiger partial charge in [-0.25, -0.2) is 4.79 Å². The van der Waals surface area contributed by atoms with Gasteiger partial charge in [0.05, 0.1) is 0 Å². The van der Waals surface area contributed by atoms with E-state index in [1.165, 1.54) is 12.1 Å². The largest absolute Gasteiger partial charge is 0.507 e. The molecule has 0 bridgehead atoms. The predicted octanol–water partition coefficient (Wildman–Crippen LogP) is 2.80. The second kappa shape index (κ2) is 6.76. The second-order valence-corrected chi connectivity index (χ2v) is 4.89. The minimum atomic E-state index is -0.741. The predicted molar refractivity (Wildman–Crippen MR) is 82.9 cm³/mol. The molecule has 5 heteroatoms. The lowest BCUT2D eigenvalue weighted by atomic mass is 10.1. The van der Waals surface area contributed by atoms with Crippen molar-refractivity contribution in [2.24, 2.45) is 0 Å². The van der Waals surface area contributed by atoms with Crippen LogP contribution in [0.4, 0.5) is 5.69 Å². The van der Waals surface area contributed by atoms with Gasteiger partial charge in [0.25, 0.3) is 5.91 Å². The number of carbonyl (C=O) groups is 2. The molecule has 2 N–H and O–H groups in total. The molecule has 0 heterocycles. The van der Waals surface area contributed by atoms with Crippen LogP contribution in [0.25, 0.3) is 0 Å². The van der Waals surface area contributed by atoms with E-state index in [-0.39, 0.29) is 11.3 Å². The van der Waals surface area contributed by atoms with Crippen LogP contribution >= 0.6 is 0 Å². The third kappa shape index (κ3) is 3.63. The molecule has 0 radical (unpaired) electrons. The minimum absolute atomic E-state index is 0.0297. The highest BCUT2D eigenvalue weighted by molar-refractivity contribution is 5.97. The third-order valence-corrected chi connectivity index (χ3v) is 3.34.